The van der Waals surface area contributed by atoms with Crippen molar-refractivity contribution in [2.75, 3.05) is 11.1 Å². The van der Waals surface area contributed by atoms with E-state index in [1.165, 1.54) is 11.8 Å². The van der Waals surface area contributed by atoms with Gasteiger partial charge in [-0.3, -0.25) is 9.59 Å². The fraction of sp³-hybridized carbons (Fsp3) is 0.0800. The summed E-state index contributed by atoms with van der Waals surface area (Å²) in [6.07, 6.45) is 0. The maximum Gasteiger partial charge on any atom is 0.234 e. The molecule has 162 valence electrons. The maximum atomic E-state index is 13.0. The Morgan fingerprint density at radius 1 is 0.970 bits per heavy atom. The number of rotatable bonds is 6. The van der Waals surface area contributed by atoms with Gasteiger partial charge in [0, 0.05) is 22.0 Å². The largest absolute Gasteiger partial charge is 0.338 e. The minimum atomic E-state index is -0.258. The van der Waals surface area contributed by atoms with Gasteiger partial charge in [-0.1, -0.05) is 71.9 Å². The SMILES string of the molecule is Cc1ccc(NC(=O)CSc2nnc3c(n2)[nH]c2ccccc23)c(C(=O)c2ccccc2)c1. The Bertz CT molecular complexity index is 1500. The predicted octanol–water partition coefficient (Wildman–Crippen LogP) is 4.78. The van der Waals surface area contributed by atoms with Crippen LogP contribution in [0.1, 0.15) is 21.5 Å². The average molecular weight is 454 g/mol. The summed E-state index contributed by atoms with van der Waals surface area (Å²) in [5.74, 6) is -0.314. The lowest BCUT2D eigenvalue weighted by atomic mass is 10.00. The van der Waals surface area contributed by atoms with Crippen molar-refractivity contribution in [3.63, 3.8) is 0 Å². The van der Waals surface area contributed by atoms with Gasteiger partial charge in [0.2, 0.25) is 11.1 Å². The number of anilines is 1. The Hall–Kier alpha value is -4.04. The van der Waals surface area contributed by atoms with Crippen LogP contribution in [0.2, 0.25) is 0 Å². The zero-order valence-electron chi connectivity index (χ0n) is 17.7. The summed E-state index contributed by atoms with van der Waals surface area (Å²) in [5.41, 5.74) is 4.70. The lowest BCUT2D eigenvalue weighted by molar-refractivity contribution is -0.113. The first-order chi connectivity index (χ1) is 16.1. The van der Waals surface area contributed by atoms with Gasteiger partial charge in [0.05, 0.1) is 11.4 Å². The van der Waals surface area contributed by atoms with E-state index in [1.807, 2.05) is 55.5 Å². The summed E-state index contributed by atoms with van der Waals surface area (Å²) in [7, 11) is 0. The predicted molar refractivity (Wildman–Crippen MR) is 130 cm³/mol. The van der Waals surface area contributed by atoms with Crippen molar-refractivity contribution in [1.29, 1.82) is 0 Å². The standard InChI is InChI=1S/C25H19N5O2S/c1-15-11-12-20(18(13-15)23(32)16-7-3-2-4-8-16)26-21(31)14-33-25-28-24-22(29-30-25)17-9-5-6-10-19(17)27-24/h2-13H,14H2,1H3,(H,26,31)(H,27,28,30). The smallest absolute Gasteiger partial charge is 0.234 e. The molecule has 1 amide bonds. The van der Waals surface area contributed by atoms with Crippen molar-refractivity contribution in [3.8, 4) is 0 Å². The van der Waals surface area contributed by atoms with Crippen LogP contribution in [0.25, 0.3) is 22.1 Å². The number of thioether (sulfide) groups is 1. The van der Waals surface area contributed by atoms with Gasteiger partial charge >= 0.3 is 0 Å². The van der Waals surface area contributed by atoms with E-state index >= 15 is 0 Å². The fourth-order valence-corrected chi connectivity index (χ4v) is 4.17. The Kier molecular flexibility index (Phi) is 5.58. The summed E-state index contributed by atoms with van der Waals surface area (Å²) in [4.78, 5) is 33.4. The Morgan fingerprint density at radius 2 is 1.76 bits per heavy atom. The van der Waals surface area contributed by atoms with Crippen LogP contribution in [0.5, 0.6) is 0 Å². The van der Waals surface area contributed by atoms with Gasteiger partial charge in [0.25, 0.3) is 0 Å². The molecular formula is C25H19N5O2S. The molecule has 0 fully saturated rings. The van der Waals surface area contributed by atoms with E-state index in [0.29, 0.717) is 33.1 Å². The van der Waals surface area contributed by atoms with E-state index in [4.69, 9.17) is 0 Å². The average Bonchev–Trinajstić information content (AvgIpc) is 3.22. The van der Waals surface area contributed by atoms with Crippen LogP contribution in [0.3, 0.4) is 0 Å². The molecule has 2 aromatic heterocycles. The molecule has 0 aliphatic carbocycles. The molecule has 0 aliphatic rings. The number of benzene rings is 3. The summed E-state index contributed by atoms with van der Waals surface area (Å²) >= 11 is 1.18. The van der Waals surface area contributed by atoms with Crippen molar-refractivity contribution in [2.24, 2.45) is 0 Å². The van der Waals surface area contributed by atoms with Crippen LogP contribution >= 0.6 is 11.8 Å². The fourth-order valence-electron chi connectivity index (χ4n) is 3.58. The van der Waals surface area contributed by atoms with Crippen LogP contribution < -0.4 is 5.32 Å². The normalized spacial score (nSPS) is 11.1. The van der Waals surface area contributed by atoms with Crippen molar-refractivity contribution >= 4 is 51.2 Å². The van der Waals surface area contributed by atoms with Crippen molar-refractivity contribution < 1.29 is 9.59 Å². The van der Waals surface area contributed by atoms with Crippen LogP contribution in [0, 0.1) is 6.92 Å². The molecule has 3 aromatic carbocycles. The van der Waals surface area contributed by atoms with Crippen LogP contribution in [-0.4, -0.2) is 37.6 Å². The summed E-state index contributed by atoms with van der Waals surface area (Å²) in [5, 5.41) is 12.6. The van der Waals surface area contributed by atoms with Gasteiger partial charge in [-0.05, 0) is 25.1 Å². The Morgan fingerprint density at radius 3 is 2.61 bits per heavy atom. The highest BCUT2D eigenvalue weighted by Gasteiger charge is 2.16. The molecule has 0 saturated heterocycles. The highest BCUT2D eigenvalue weighted by molar-refractivity contribution is 7.99. The molecule has 7 nitrogen and oxygen atoms in total. The molecule has 2 N–H and O–H groups in total. The van der Waals surface area contributed by atoms with E-state index in [-0.39, 0.29) is 17.4 Å². The molecule has 0 bridgehead atoms. The van der Waals surface area contributed by atoms with E-state index in [9.17, 15) is 9.59 Å². The molecular weight excluding hydrogens is 434 g/mol. The second kappa shape index (κ2) is 8.84. The number of aromatic nitrogens is 4. The first kappa shape index (κ1) is 20.8. The summed E-state index contributed by atoms with van der Waals surface area (Å²) in [6.45, 7) is 1.91. The Labute approximate surface area is 193 Å². The van der Waals surface area contributed by atoms with Gasteiger partial charge < -0.3 is 10.3 Å². The minimum absolute atomic E-state index is 0.0836. The molecule has 5 aromatic rings. The number of aromatic amines is 1. The molecule has 0 spiro atoms. The summed E-state index contributed by atoms with van der Waals surface area (Å²) < 4.78 is 0. The van der Waals surface area contributed by atoms with Gasteiger partial charge in [0.1, 0.15) is 5.52 Å². The zero-order valence-corrected chi connectivity index (χ0v) is 18.5. The molecule has 5 rings (SSSR count). The zero-order chi connectivity index (χ0) is 22.8. The molecule has 0 atom stereocenters. The number of nitrogens with one attached hydrogen (secondary N) is 2. The Balaban J connectivity index is 1.31. The molecule has 2 heterocycles. The molecule has 0 aliphatic heterocycles. The topological polar surface area (TPSA) is 101 Å². The number of para-hydroxylation sites is 1. The second-order valence-corrected chi connectivity index (χ2v) is 8.49. The highest BCUT2D eigenvalue weighted by atomic mass is 32.2. The third-order valence-corrected chi connectivity index (χ3v) is 6.00. The molecule has 33 heavy (non-hydrogen) atoms. The van der Waals surface area contributed by atoms with E-state index in [0.717, 1.165) is 16.5 Å². The van der Waals surface area contributed by atoms with Crippen molar-refractivity contribution in [2.45, 2.75) is 12.1 Å². The molecule has 8 heteroatoms. The lowest BCUT2D eigenvalue weighted by Crippen LogP contribution is -2.17. The second-order valence-electron chi connectivity index (χ2n) is 7.54. The van der Waals surface area contributed by atoms with Gasteiger partial charge in [0.15, 0.2) is 11.4 Å². The number of nitrogens with zero attached hydrogens (tertiary/aromatic N) is 3. The van der Waals surface area contributed by atoms with Crippen LogP contribution in [0.4, 0.5) is 5.69 Å². The quantitative estimate of drug-likeness (QED) is 0.284. The number of carbonyl (C=O) groups excluding carboxylic acids is 2. The first-order valence-corrected chi connectivity index (χ1v) is 11.3. The third-order valence-electron chi connectivity index (χ3n) is 5.16. The van der Waals surface area contributed by atoms with Gasteiger partial charge in [-0.2, -0.15) is 0 Å². The lowest BCUT2D eigenvalue weighted by Gasteiger charge is -2.11. The molecule has 0 radical (unpaired) electrons. The molecule has 0 unspecified atom stereocenters. The third kappa shape index (κ3) is 4.33. The molecule has 0 saturated carbocycles. The summed E-state index contributed by atoms with van der Waals surface area (Å²) in [6, 6.07) is 22.2. The van der Waals surface area contributed by atoms with Gasteiger partial charge in [-0.15, -0.1) is 10.2 Å². The van der Waals surface area contributed by atoms with Crippen molar-refractivity contribution in [3.05, 3.63) is 89.5 Å². The van der Waals surface area contributed by atoms with Gasteiger partial charge in [-0.25, -0.2) is 4.98 Å². The van der Waals surface area contributed by atoms with Crippen LogP contribution in [-0.2, 0) is 4.79 Å². The monoisotopic (exact) mass is 453 g/mol. The van der Waals surface area contributed by atoms with Crippen molar-refractivity contribution in [1.82, 2.24) is 20.2 Å². The number of aryl methyl sites for hydroxylation is 1. The minimum Gasteiger partial charge on any atom is -0.338 e. The van der Waals surface area contributed by atoms with E-state index < -0.39 is 0 Å². The number of H-pyrrole nitrogens is 1. The van der Waals surface area contributed by atoms with E-state index in [1.54, 1.807) is 24.3 Å². The number of hydrogen-bond donors (Lipinski definition) is 2. The highest BCUT2D eigenvalue weighted by Crippen LogP contribution is 2.24. The number of fused-ring (bicyclic) bond motifs is 3. The van der Waals surface area contributed by atoms with E-state index in [2.05, 4.69) is 25.5 Å². The number of ketones is 1. The number of hydrogen-bond acceptors (Lipinski definition) is 6. The number of amides is 1. The number of carbonyl (C=O) groups is 2. The van der Waals surface area contributed by atoms with Crippen LogP contribution in [0.15, 0.2) is 78.0 Å². The first-order valence-electron chi connectivity index (χ1n) is 10.3. The maximum absolute atomic E-state index is 13.0.